The Morgan fingerprint density at radius 2 is 1.26 bits per heavy atom. The number of hydrogen-bond donors (Lipinski definition) is 2. The Morgan fingerprint density at radius 3 is 1.95 bits per heavy atom. The fraction of sp³-hybridized carbons (Fsp3) is 0.184. The summed E-state index contributed by atoms with van der Waals surface area (Å²) in [5.74, 6) is 0.592. The summed E-state index contributed by atoms with van der Waals surface area (Å²) in [7, 11) is 0. The first-order chi connectivity index (χ1) is 20.7. The molecule has 4 heteroatoms. The molecule has 1 saturated heterocycles. The third kappa shape index (κ3) is 5.51. The van der Waals surface area contributed by atoms with Crippen LogP contribution < -0.4 is 10.6 Å². The molecule has 4 aromatic carbocycles. The van der Waals surface area contributed by atoms with Crippen LogP contribution in [0.15, 0.2) is 133 Å². The van der Waals surface area contributed by atoms with Gasteiger partial charge >= 0.3 is 0 Å². The summed E-state index contributed by atoms with van der Waals surface area (Å²) in [5, 5.41) is 22.0. The zero-order valence-electron chi connectivity index (χ0n) is 23.4. The summed E-state index contributed by atoms with van der Waals surface area (Å²) in [5.41, 5.74) is 9.61. The lowest BCUT2D eigenvalue weighted by Gasteiger charge is -2.50. The van der Waals surface area contributed by atoms with Gasteiger partial charge < -0.3 is 16.0 Å². The minimum Gasteiger partial charge on any atom is -0.624 e. The number of hydrogen-bond acceptors (Lipinski definition) is 3. The quantitative estimate of drug-likeness (QED) is 0.264. The Kier molecular flexibility index (Phi) is 7.38. The summed E-state index contributed by atoms with van der Waals surface area (Å²) in [4.78, 5) is 0. The highest BCUT2D eigenvalue weighted by Crippen LogP contribution is 2.39. The molecule has 2 N–H and O–H groups in total. The average Bonchev–Trinajstić information content (AvgIpc) is 3.08. The van der Waals surface area contributed by atoms with E-state index in [9.17, 15) is 5.26 Å². The summed E-state index contributed by atoms with van der Waals surface area (Å²) in [6.07, 6.45) is 12.2. The predicted molar refractivity (Wildman–Crippen MR) is 169 cm³/mol. The molecule has 0 spiro atoms. The van der Waals surface area contributed by atoms with Crippen molar-refractivity contribution in [1.82, 2.24) is 10.6 Å². The van der Waals surface area contributed by atoms with Crippen molar-refractivity contribution in [3.8, 4) is 6.07 Å². The van der Waals surface area contributed by atoms with Crippen molar-refractivity contribution in [2.75, 3.05) is 0 Å². The van der Waals surface area contributed by atoms with Crippen molar-refractivity contribution in [2.45, 2.75) is 43.2 Å². The zero-order valence-corrected chi connectivity index (χ0v) is 23.4. The molecule has 42 heavy (non-hydrogen) atoms. The fourth-order valence-electron chi connectivity index (χ4n) is 6.31. The Bertz CT molecular complexity index is 1630. The largest absolute Gasteiger partial charge is 0.624 e. The topological polar surface area (TPSA) is 62.0 Å². The molecule has 0 aromatic heterocycles. The van der Waals surface area contributed by atoms with E-state index in [0.29, 0.717) is 5.92 Å². The monoisotopic (exact) mass is 545 g/mol. The van der Waals surface area contributed by atoms with Gasteiger partial charge in [-0.25, -0.2) is 0 Å². The van der Waals surface area contributed by atoms with Crippen molar-refractivity contribution in [3.05, 3.63) is 177 Å². The van der Waals surface area contributed by atoms with Crippen LogP contribution in [0.2, 0.25) is 0 Å². The smallest absolute Gasteiger partial charge is 0.0947 e. The van der Waals surface area contributed by atoms with Gasteiger partial charge in [0.05, 0.1) is 12.2 Å². The van der Waals surface area contributed by atoms with Gasteiger partial charge in [0.1, 0.15) is 0 Å². The Morgan fingerprint density at radius 1 is 0.643 bits per heavy atom. The van der Waals surface area contributed by atoms with Crippen molar-refractivity contribution < 1.29 is 0 Å². The second kappa shape index (κ2) is 11.8. The van der Waals surface area contributed by atoms with Gasteiger partial charge in [-0.1, -0.05) is 151 Å². The number of nitrogens with one attached hydrogen (secondary N) is 2. The molecule has 1 heterocycles. The van der Waals surface area contributed by atoms with Crippen molar-refractivity contribution in [3.63, 3.8) is 0 Å². The van der Waals surface area contributed by atoms with Gasteiger partial charge in [0.2, 0.25) is 0 Å². The van der Waals surface area contributed by atoms with Crippen LogP contribution in [-0.4, -0.2) is 0 Å². The molecule has 4 nitrogen and oxygen atoms in total. The van der Waals surface area contributed by atoms with Gasteiger partial charge in [-0.05, 0) is 46.7 Å². The van der Waals surface area contributed by atoms with E-state index in [1.165, 1.54) is 33.4 Å². The van der Waals surface area contributed by atoms with E-state index < -0.39 is 0 Å². The van der Waals surface area contributed by atoms with Gasteiger partial charge in [-0.3, -0.25) is 0 Å². The summed E-state index contributed by atoms with van der Waals surface area (Å²) in [6.45, 7) is 0. The number of benzene rings is 4. The summed E-state index contributed by atoms with van der Waals surface area (Å²) >= 11 is 0. The molecule has 3 aliphatic rings. The average molecular weight is 546 g/mol. The van der Waals surface area contributed by atoms with Crippen LogP contribution in [0, 0.1) is 11.3 Å². The molecule has 2 aliphatic carbocycles. The van der Waals surface area contributed by atoms with E-state index in [4.69, 9.17) is 5.32 Å². The van der Waals surface area contributed by atoms with Crippen molar-refractivity contribution in [2.24, 2.45) is 0 Å². The summed E-state index contributed by atoms with van der Waals surface area (Å²) in [6, 6.07) is 39.1. The van der Waals surface area contributed by atoms with Crippen molar-refractivity contribution in [1.29, 1.82) is 5.26 Å². The molecule has 0 amide bonds. The van der Waals surface area contributed by atoms with Crippen LogP contribution in [0.5, 0.6) is 0 Å². The van der Waals surface area contributed by atoms with E-state index in [-0.39, 0.29) is 24.4 Å². The minimum atomic E-state index is -0.133. The second-order valence-electron chi connectivity index (χ2n) is 11.3. The van der Waals surface area contributed by atoms with E-state index in [1.54, 1.807) is 0 Å². The normalized spacial score (nSPS) is 24.8. The predicted octanol–water partition coefficient (Wildman–Crippen LogP) is 8.50. The first-order valence-corrected chi connectivity index (χ1v) is 14.7. The second-order valence-corrected chi connectivity index (χ2v) is 11.3. The van der Waals surface area contributed by atoms with Gasteiger partial charge in [0, 0.05) is 17.4 Å². The van der Waals surface area contributed by atoms with E-state index in [2.05, 4.69) is 132 Å². The van der Waals surface area contributed by atoms with E-state index in [1.807, 2.05) is 18.2 Å². The highest BCUT2D eigenvalue weighted by Gasteiger charge is 2.23. The molecule has 0 radical (unpaired) electrons. The lowest BCUT2D eigenvalue weighted by atomic mass is 9.83. The highest BCUT2D eigenvalue weighted by molar-refractivity contribution is 5.60. The SMILES string of the molecule is N#CC1=CC=CC(c2ccc(C3C=Cc4ccc(C5[N-]C(c6ccccc6)NC(c6ccccc6)N5)cc4C3)cc2)C1. The molecule has 5 atom stereocenters. The first kappa shape index (κ1) is 26.4. The summed E-state index contributed by atoms with van der Waals surface area (Å²) < 4.78 is 0. The van der Waals surface area contributed by atoms with Crippen LogP contribution in [0.25, 0.3) is 11.4 Å². The van der Waals surface area contributed by atoms with Gasteiger partial charge in [0.25, 0.3) is 0 Å². The molecule has 1 aliphatic heterocycles. The molecule has 0 saturated carbocycles. The van der Waals surface area contributed by atoms with Crippen molar-refractivity contribution >= 4 is 6.08 Å². The lowest BCUT2D eigenvalue weighted by molar-refractivity contribution is 0.316. The van der Waals surface area contributed by atoms with E-state index in [0.717, 1.165) is 24.0 Å². The van der Waals surface area contributed by atoms with Gasteiger partial charge in [-0.15, -0.1) is 0 Å². The van der Waals surface area contributed by atoms with Gasteiger partial charge in [0.15, 0.2) is 0 Å². The number of nitriles is 1. The minimum absolute atomic E-state index is 0.0140. The molecule has 5 unspecified atom stereocenters. The molecule has 1 fully saturated rings. The molecule has 206 valence electrons. The highest BCUT2D eigenvalue weighted by atomic mass is 15.4. The number of fused-ring (bicyclic) bond motifs is 1. The number of rotatable bonds is 5. The standard InChI is InChI=1S/C38H33N4/c39-25-26-8-7-13-32(22-26)27-14-16-28(17-15-27)33-20-18-29-19-21-34(24-35(29)23-33)38-41-36(30-9-3-1-4-10-30)40-37(42-38)31-11-5-2-6-12-31/h1-21,24,32-33,36-38,40-41H,22-23H2/q-1. The van der Waals surface area contributed by atoms with Gasteiger partial charge in [-0.2, -0.15) is 5.26 Å². The maximum Gasteiger partial charge on any atom is 0.0947 e. The molecule has 7 rings (SSSR count). The van der Waals surface area contributed by atoms with Crippen LogP contribution in [0.3, 0.4) is 0 Å². The Hall–Kier alpha value is -4.53. The Balaban J connectivity index is 1.11. The Labute approximate surface area is 248 Å². The fourth-order valence-corrected chi connectivity index (χ4v) is 6.31. The molecule has 4 aromatic rings. The zero-order chi connectivity index (χ0) is 28.3. The molecular weight excluding hydrogens is 512 g/mol. The van der Waals surface area contributed by atoms with Crippen LogP contribution >= 0.6 is 0 Å². The van der Waals surface area contributed by atoms with E-state index >= 15 is 0 Å². The molecular formula is C38H33N4-. The maximum atomic E-state index is 9.31. The van der Waals surface area contributed by atoms with Crippen LogP contribution in [0.4, 0.5) is 0 Å². The van der Waals surface area contributed by atoms with Crippen LogP contribution in [-0.2, 0) is 6.42 Å². The number of nitrogens with zero attached hydrogens (tertiary/aromatic N) is 2. The maximum absolute atomic E-state index is 9.31. The number of allylic oxidation sites excluding steroid dienone is 5. The lowest BCUT2D eigenvalue weighted by Crippen LogP contribution is -2.44. The molecule has 0 bridgehead atoms. The third-order valence-electron chi connectivity index (χ3n) is 8.64. The van der Waals surface area contributed by atoms with Crippen LogP contribution in [0.1, 0.15) is 75.7 Å². The first-order valence-electron chi connectivity index (χ1n) is 14.7. The third-order valence-corrected chi connectivity index (χ3v) is 8.64.